The number of hydrogen-bond donors (Lipinski definition) is 0. The second kappa shape index (κ2) is 10.5. The summed E-state index contributed by atoms with van der Waals surface area (Å²) in [5, 5.41) is 1.24. The van der Waals surface area contributed by atoms with Crippen LogP contribution in [0.25, 0.3) is 10.8 Å². The summed E-state index contributed by atoms with van der Waals surface area (Å²) >= 11 is 0. The van der Waals surface area contributed by atoms with Gasteiger partial charge in [0.2, 0.25) is 5.75 Å². The minimum absolute atomic E-state index is 0.0586. The van der Waals surface area contributed by atoms with Crippen molar-refractivity contribution in [3.63, 3.8) is 0 Å². The summed E-state index contributed by atoms with van der Waals surface area (Å²) in [5.74, 6) is -4.93. The third kappa shape index (κ3) is 5.60. The van der Waals surface area contributed by atoms with Crippen molar-refractivity contribution in [2.75, 3.05) is 0 Å². The first kappa shape index (κ1) is 25.4. The molecule has 188 valence electrons. The zero-order valence-electron chi connectivity index (χ0n) is 19.5. The van der Waals surface area contributed by atoms with Gasteiger partial charge >= 0.3 is 6.36 Å². The fraction of sp³-hybridized carbons (Fsp3) is 0.429. The van der Waals surface area contributed by atoms with Gasteiger partial charge < -0.3 is 4.74 Å². The van der Waals surface area contributed by atoms with Crippen LogP contribution in [0.15, 0.2) is 42.5 Å². The first-order valence-corrected chi connectivity index (χ1v) is 12.1. The van der Waals surface area contributed by atoms with E-state index in [1.165, 1.54) is 6.07 Å². The summed E-state index contributed by atoms with van der Waals surface area (Å²) in [6.07, 6.45) is 2.45. The molecule has 0 saturated carbocycles. The van der Waals surface area contributed by atoms with Gasteiger partial charge in [-0.25, -0.2) is 13.2 Å². The quantitative estimate of drug-likeness (QED) is 0.224. The normalized spacial score (nSPS) is 18.0. The van der Waals surface area contributed by atoms with E-state index in [-0.39, 0.29) is 17.3 Å². The molecule has 0 fully saturated rings. The first-order valence-electron chi connectivity index (χ1n) is 12.1. The number of fused-ring (bicyclic) bond motifs is 3. The maximum absolute atomic E-state index is 14.7. The highest BCUT2D eigenvalue weighted by molar-refractivity contribution is 5.88. The molecule has 0 heterocycles. The topological polar surface area (TPSA) is 9.23 Å². The molecule has 7 heteroatoms. The number of aryl methyl sites for hydroxylation is 1. The molecule has 0 spiro atoms. The van der Waals surface area contributed by atoms with E-state index in [9.17, 15) is 26.3 Å². The van der Waals surface area contributed by atoms with E-state index in [0.29, 0.717) is 11.8 Å². The molecular weight excluding hydrogens is 466 g/mol. The van der Waals surface area contributed by atoms with Gasteiger partial charge in [-0.2, -0.15) is 0 Å². The lowest BCUT2D eigenvalue weighted by molar-refractivity contribution is -0.276. The third-order valence-electron chi connectivity index (χ3n) is 7.00. The molecule has 3 aromatic carbocycles. The maximum atomic E-state index is 14.7. The largest absolute Gasteiger partial charge is 0.573 e. The van der Waals surface area contributed by atoms with E-state index in [4.69, 9.17) is 0 Å². The van der Waals surface area contributed by atoms with E-state index < -0.39 is 29.7 Å². The Morgan fingerprint density at radius 3 is 2.26 bits per heavy atom. The molecule has 0 bridgehead atoms. The van der Waals surface area contributed by atoms with Gasteiger partial charge in [-0.15, -0.1) is 13.2 Å². The van der Waals surface area contributed by atoms with E-state index in [0.717, 1.165) is 73.6 Å². The fourth-order valence-electron chi connectivity index (χ4n) is 5.46. The lowest BCUT2D eigenvalue weighted by atomic mass is 9.69. The Morgan fingerprint density at radius 1 is 0.857 bits per heavy atom. The van der Waals surface area contributed by atoms with Crippen LogP contribution in [0, 0.1) is 23.4 Å². The molecule has 0 radical (unpaired) electrons. The number of alkyl halides is 3. The summed E-state index contributed by atoms with van der Waals surface area (Å²) in [7, 11) is 0. The average Bonchev–Trinajstić information content (AvgIpc) is 2.80. The van der Waals surface area contributed by atoms with Gasteiger partial charge in [0, 0.05) is 11.3 Å². The number of benzene rings is 3. The van der Waals surface area contributed by atoms with E-state index in [1.54, 1.807) is 18.2 Å². The summed E-state index contributed by atoms with van der Waals surface area (Å²) in [4.78, 5) is 0. The maximum Gasteiger partial charge on any atom is 0.573 e. The molecule has 1 aliphatic rings. The number of ether oxygens (including phenoxy) is 1. The van der Waals surface area contributed by atoms with Crippen molar-refractivity contribution in [1.82, 2.24) is 0 Å². The van der Waals surface area contributed by atoms with Gasteiger partial charge in [-0.3, -0.25) is 0 Å². The van der Waals surface area contributed by atoms with Crippen LogP contribution in [0.2, 0.25) is 0 Å². The van der Waals surface area contributed by atoms with Crippen LogP contribution < -0.4 is 4.74 Å². The Kier molecular flexibility index (Phi) is 7.62. The molecule has 0 saturated heterocycles. The Balaban J connectivity index is 1.76. The lowest BCUT2D eigenvalue weighted by Gasteiger charge is -2.35. The van der Waals surface area contributed by atoms with Crippen molar-refractivity contribution in [1.29, 1.82) is 0 Å². The summed E-state index contributed by atoms with van der Waals surface area (Å²) in [6, 6.07) is 10.2. The minimum Gasteiger partial charge on any atom is -0.399 e. The predicted octanol–water partition coefficient (Wildman–Crippen LogP) is 9.21. The molecule has 0 N–H and O–H groups in total. The Labute approximate surface area is 201 Å². The van der Waals surface area contributed by atoms with Crippen molar-refractivity contribution in [2.45, 2.75) is 70.6 Å². The van der Waals surface area contributed by atoms with Crippen LogP contribution in [-0.2, 0) is 6.42 Å². The van der Waals surface area contributed by atoms with Gasteiger partial charge in [0.15, 0.2) is 11.6 Å². The van der Waals surface area contributed by atoms with Crippen molar-refractivity contribution in [3.8, 4) is 5.75 Å². The molecule has 0 aromatic heterocycles. The van der Waals surface area contributed by atoms with Gasteiger partial charge in [-0.05, 0) is 65.5 Å². The van der Waals surface area contributed by atoms with E-state index >= 15 is 0 Å². The molecule has 0 aliphatic heterocycles. The van der Waals surface area contributed by atoms with E-state index in [2.05, 4.69) is 11.7 Å². The smallest absolute Gasteiger partial charge is 0.399 e. The van der Waals surface area contributed by atoms with Crippen LogP contribution in [0.5, 0.6) is 5.75 Å². The summed E-state index contributed by atoms with van der Waals surface area (Å²) in [5.41, 5.74) is 2.03. The average molecular weight is 495 g/mol. The van der Waals surface area contributed by atoms with Crippen molar-refractivity contribution < 1.29 is 31.1 Å². The van der Waals surface area contributed by atoms with Gasteiger partial charge in [0.05, 0.1) is 0 Å². The second-order valence-corrected chi connectivity index (χ2v) is 9.31. The monoisotopic (exact) mass is 494 g/mol. The van der Waals surface area contributed by atoms with Gasteiger partial charge in [0.1, 0.15) is 5.82 Å². The molecule has 0 amide bonds. The highest BCUT2D eigenvalue weighted by Gasteiger charge is 2.36. The number of hydrogen-bond acceptors (Lipinski definition) is 1. The van der Waals surface area contributed by atoms with Crippen molar-refractivity contribution >= 4 is 10.8 Å². The molecule has 2 atom stereocenters. The minimum atomic E-state index is -5.20. The second-order valence-electron chi connectivity index (χ2n) is 9.31. The zero-order valence-corrected chi connectivity index (χ0v) is 19.5. The Bertz CT molecular complexity index is 1160. The van der Waals surface area contributed by atoms with Crippen molar-refractivity contribution in [3.05, 3.63) is 76.6 Å². The molecular formula is C28H28F6O. The fourth-order valence-corrected chi connectivity index (χ4v) is 5.46. The SMILES string of the molecule is CCCCCCC[C@@H]1CCc2c(ccc3c(F)cccc23)[C@H]1c1cc(F)c(OC(F)(F)F)c(F)c1. The summed E-state index contributed by atoms with van der Waals surface area (Å²) < 4.78 is 85.3. The Morgan fingerprint density at radius 2 is 1.57 bits per heavy atom. The molecule has 35 heavy (non-hydrogen) atoms. The summed E-state index contributed by atoms with van der Waals surface area (Å²) in [6.45, 7) is 2.14. The van der Waals surface area contributed by atoms with Gasteiger partial charge in [0.25, 0.3) is 0 Å². The van der Waals surface area contributed by atoms with Crippen molar-refractivity contribution in [2.24, 2.45) is 5.92 Å². The lowest BCUT2D eigenvalue weighted by Crippen LogP contribution is -2.23. The van der Waals surface area contributed by atoms with E-state index in [1.807, 2.05) is 6.07 Å². The molecule has 4 rings (SSSR count). The van der Waals surface area contributed by atoms with Crippen LogP contribution in [0.4, 0.5) is 26.3 Å². The predicted molar refractivity (Wildman–Crippen MR) is 124 cm³/mol. The van der Waals surface area contributed by atoms with Crippen LogP contribution in [-0.4, -0.2) is 6.36 Å². The highest BCUT2D eigenvalue weighted by Crippen LogP contribution is 2.46. The Hall–Kier alpha value is -2.70. The molecule has 1 aliphatic carbocycles. The van der Waals surface area contributed by atoms with Gasteiger partial charge in [-0.1, -0.05) is 63.3 Å². The molecule has 3 aromatic rings. The molecule has 0 unspecified atom stereocenters. The number of halogens is 6. The first-order chi connectivity index (χ1) is 16.7. The zero-order chi connectivity index (χ0) is 25.2. The number of unbranched alkanes of at least 4 members (excludes halogenated alkanes) is 4. The number of rotatable bonds is 8. The van der Waals surface area contributed by atoms with Crippen LogP contribution in [0.1, 0.15) is 74.5 Å². The van der Waals surface area contributed by atoms with Crippen LogP contribution >= 0.6 is 0 Å². The standard InChI is InChI=1S/C28H28F6O/c1-2-3-4-5-6-8-17-11-12-20-19-9-7-10-23(29)21(19)13-14-22(20)26(17)18-15-24(30)27(25(31)16-18)35-28(32,33)34/h7,9-10,13-17,26H,2-6,8,11-12H2,1H3/t17-,26-/m1/s1. The third-order valence-corrected chi connectivity index (χ3v) is 7.00. The highest BCUT2D eigenvalue weighted by atomic mass is 19.4. The van der Waals surface area contributed by atoms with Crippen LogP contribution in [0.3, 0.4) is 0 Å². The molecule has 1 nitrogen and oxygen atoms in total.